The molecule has 1 aliphatic heterocycles. The fourth-order valence-electron chi connectivity index (χ4n) is 2.79. The molecule has 6 nitrogen and oxygen atoms in total. The van der Waals surface area contributed by atoms with Crippen molar-refractivity contribution in [2.24, 2.45) is 0 Å². The van der Waals surface area contributed by atoms with Gasteiger partial charge in [0.15, 0.2) is 5.82 Å². The number of nitrogens with two attached hydrogens (primary N) is 1. The van der Waals surface area contributed by atoms with Gasteiger partial charge in [-0.2, -0.15) is 0 Å². The highest BCUT2D eigenvalue weighted by Crippen LogP contribution is 2.33. The fraction of sp³-hybridized carbons (Fsp3) is 0.500. The van der Waals surface area contributed by atoms with E-state index in [1.165, 1.54) is 0 Å². The molecule has 1 aliphatic rings. The number of nitrogen functional groups attached to an aromatic ring is 1. The van der Waals surface area contributed by atoms with Gasteiger partial charge < -0.3 is 10.5 Å². The van der Waals surface area contributed by atoms with Gasteiger partial charge in [0.05, 0.1) is 12.1 Å². The third-order valence-corrected chi connectivity index (χ3v) is 3.93. The molecule has 3 rings (SSSR count). The van der Waals surface area contributed by atoms with Crippen LogP contribution in [0.2, 0.25) is 0 Å². The van der Waals surface area contributed by atoms with Crippen LogP contribution < -0.4 is 5.73 Å². The number of aryl methyl sites for hydroxylation is 1. The molecule has 0 amide bonds. The molecular weight excluding hydrogens is 254 g/mol. The fourth-order valence-corrected chi connectivity index (χ4v) is 2.79. The number of nitrogens with zero attached hydrogens (tertiary/aromatic N) is 4. The minimum absolute atomic E-state index is 0.216. The summed E-state index contributed by atoms with van der Waals surface area (Å²) in [6, 6.07) is 5.83. The first kappa shape index (κ1) is 13.1. The second kappa shape index (κ2) is 4.86. The van der Waals surface area contributed by atoms with Gasteiger partial charge in [0.1, 0.15) is 0 Å². The Labute approximate surface area is 117 Å². The van der Waals surface area contributed by atoms with Crippen molar-refractivity contribution in [2.45, 2.75) is 32.2 Å². The SMILES string of the molecule is Cc1cccc(N)c1-c1nnnn1C1(C)CCCOC1. The summed E-state index contributed by atoms with van der Waals surface area (Å²) >= 11 is 0. The lowest BCUT2D eigenvalue weighted by Gasteiger charge is -2.33. The van der Waals surface area contributed by atoms with E-state index in [-0.39, 0.29) is 5.54 Å². The number of ether oxygens (including phenoxy) is 1. The molecule has 6 heteroatoms. The van der Waals surface area contributed by atoms with Gasteiger partial charge in [0, 0.05) is 17.9 Å². The van der Waals surface area contributed by atoms with Gasteiger partial charge in [-0.05, 0) is 48.7 Å². The Morgan fingerprint density at radius 3 is 2.95 bits per heavy atom. The largest absolute Gasteiger partial charge is 0.398 e. The summed E-state index contributed by atoms with van der Waals surface area (Å²) in [7, 11) is 0. The van der Waals surface area contributed by atoms with Crippen molar-refractivity contribution in [3.63, 3.8) is 0 Å². The number of benzene rings is 1. The molecule has 1 unspecified atom stereocenters. The van der Waals surface area contributed by atoms with Crippen LogP contribution in [0.1, 0.15) is 25.3 Å². The van der Waals surface area contributed by atoms with E-state index in [1.807, 2.05) is 29.8 Å². The normalized spacial score (nSPS) is 22.9. The Hall–Kier alpha value is -1.95. The van der Waals surface area contributed by atoms with E-state index in [4.69, 9.17) is 10.5 Å². The molecular formula is C14H19N5O. The van der Waals surface area contributed by atoms with Crippen LogP contribution in [0.15, 0.2) is 18.2 Å². The first-order chi connectivity index (χ1) is 9.62. The standard InChI is InChI=1S/C14H19N5O/c1-10-5-3-6-11(15)12(10)13-16-17-18-19(13)14(2)7-4-8-20-9-14/h3,5-6H,4,7-9,15H2,1-2H3. The number of tetrazole rings is 1. The molecule has 20 heavy (non-hydrogen) atoms. The van der Waals surface area contributed by atoms with E-state index in [0.717, 1.165) is 30.6 Å². The van der Waals surface area contributed by atoms with E-state index >= 15 is 0 Å². The van der Waals surface area contributed by atoms with Crippen molar-refractivity contribution in [2.75, 3.05) is 18.9 Å². The zero-order chi connectivity index (χ0) is 14.2. The molecule has 2 aromatic rings. The maximum Gasteiger partial charge on any atom is 0.184 e. The van der Waals surface area contributed by atoms with Crippen LogP contribution in [-0.2, 0) is 10.3 Å². The van der Waals surface area contributed by atoms with Crippen molar-refractivity contribution in [3.05, 3.63) is 23.8 Å². The summed E-state index contributed by atoms with van der Waals surface area (Å²) < 4.78 is 7.48. The third kappa shape index (κ3) is 2.06. The molecule has 1 fully saturated rings. The second-order valence-electron chi connectivity index (χ2n) is 5.61. The predicted octanol–water partition coefficient (Wildman–Crippen LogP) is 1.76. The zero-order valence-corrected chi connectivity index (χ0v) is 11.8. The van der Waals surface area contributed by atoms with Crippen molar-refractivity contribution < 1.29 is 4.74 Å². The van der Waals surface area contributed by atoms with Gasteiger partial charge in [-0.15, -0.1) is 5.10 Å². The number of hydrogen-bond acceptors (Lipinski definition) is 5. The summed E-state index contributed by atoms with van der Waals surface area (Å²) in [5.41, 5.74) is 8.57. The molecule has 0 radical (unpaired) electrons. The number of rotatable bonds is 2. The van der Waals surface area contributed by atoms with Gasteiger partial charge in [-0.25, -0.2) is 4.68 Å². The lowest BCUT2D eigenvalue weighted by atomic mass is 9.94. The highest BCUT2D eigenvalue weighted by atomic mass is 16.5. The third-order valence-electron chi connectivity index (χ3n) is 3.93. The summed E-state index contributed by atoms with van der Waals surface area (Å²) in [4.78, 5) is 0. The Kier molecular flexibility index (Phi) is 3.17. The van der Waals surface area contributed by atoms with Crippen LogP contribution in [0.4, 0.5) is 5.69 Å². The van der Waals surface area contributed by atoms with E-state index in [2.05, 4.69) is 22.4 Å². The van der Waals surface area contributed by atoms with Crippen molar-refractivity contribution in [3.8, 4) is 11.4 Å². The van der Waals surface area contributed by atoms with E-state index in [0.29, 0.717) is 18.1 Å². The van der Waals surface area contributed by atoms with Crippen LogP contribution in [0.5, 0.6) is 0 Å². The molecule has 1 aromatic heterocycles. The maximum atomic E-state index is 6.11. The molecule has 1 saturated heterocycles. The number of hydrogen-bond donors (Lipinski definition) is 1. The average Bonchev–Trinajstić information content (AvgIpc) is 2.89. The molecule has 1 atom stereocenters. The Morgan fingerprint density at radius 2 is 2.25 bits per heavy atom. The molecule has 106 valence electrons. The summed E-state index contributed by atoms with van der Waals surface area (Å²) in [5, 5.41) is 12.2. The van der Waals surface area contributed by atoms with E-state index in [1.54, 1.807) is 0 Å². The highest BCUT2D eigenvalue weighted by Gasteiger charge is 2.34. The summed E-state index contributed by atoms with van der Waals surface area (Å²) in [6.45, 7) is 5.57. The number of anilines is 1. The Morgan fingerprint density at radius 1 is 1.40 bits per heavy atom. The minimum atomic E-state index is -0.216. The minimum Gasteiger partial charge on any atom is -0.398 e. The topological polar surface area (TPSA) is 78.9 Å². The lowest BCUT2D eigenvalue weighted by molar-refractivity contribution is 0.00348. The van der Waals surface area contributed by atoms with Gasteiger partial charge >= 0.3 is 0 Å². The van der Waals surface area contributed by atoms with Crippen LogP contribution >= 0.6 is 0 Å². The van der Waals surface area contributed by atoms with Crippen molar-refractivity contribution in [1.82, 2.24) is 20.2 Å². The second-order valence-corrected chi connectivity index (χ2v) is 5.61. The molecule has 0 bridgehead atoms. The van der Waals surface area contributed by atoms with E-state index < -0.39 is 0 Å². The predicted molar refractivity (Wildman–Crippen MR) is 76.1 cm³/mol. The molecule has 1 aromatic carbocycles. The Balaban J connectivity index is 2.11. The zero-order valence-electron chi connectivity index (χ0n) is 11.8. The van der Waals surface area contributed by atoms with Crippen LogP contribution in [0, 0.1) is 6.92 Å². The summed E-state index contributed by atoms with van der Waals surface area (Å²) in [5.74, 6) is 0.716. The van der Waals surface area contributed by atoms with Crippen LogP contribution in [-0.4, -0.2) is 33.4 Å². The van der Waals surface area contributed by atoms with E-state index in [9.17, 15) is 0 Å². The monoisotopic (exact) mass is 273 g/mol. The quantitative estimate of drug-likeness (QED) is 0.843. The summed E-state index contributed by atoms with van der Waals surface area (Å²) in [6.07, 6.45) is 2.01. The van der Waals surface area contributed by atoms with Crippen LogP contribution in [0.3, 0.4) is 0 Å². The Bertz CT molecular complexity index is 596. The van der Waals surface area contributed by atoms with Crippen molar-refractivity contribution >= 4 is 5.69 Å². The smallest absolute Gasteiger partial charge is 0.184 e. The molecule has 0 aliphatic carbocycles. The van der Waals surface area contributed by atoms with Gasteiger partial charge in [-0.3, -0.25) is 0 Å². The van der Waals surface area contributed by atoms with Gasteiger partial charge in [-0.1, -0.05) is 12.1 Å². The molecule has 2 N–H and O–H groups in total. The van der Waals surface area contributed by atoms with Crippen LogP contribution in [0.25, 0.3) is 11.4 Å². The lowest BCUT2D eigenvalue weighted by Crippen LogP contribution is -2.40. The molecule has 0 saturated carbocycles. The van der Waals surface area contributed by atoms with Crippen molar-refractivity contribution in [1.29, 1.82) is 0 Å². The number of aromatic nitrogens is 4. The first-order valence-corrected chi connectivity index (χ1v) is 6.84. The van der Waals surface area contributed by atoms with Gasteiger partial charge in [0.2, 0.25) is 0 Å². The van der Waals surface area contributed by atoms with Gasteiger partial charge in [0.25, 0.3) is 0 Å². The molecule has 2 heterocycles. The maximum absolute atomic E-state index is 6.11. The average molecular weight is 273 g/mol. The molecule has 0 spiro atoms. The first-order valence-electron chi connectivity index (χ1n) is 6.84. The highest BCUT2D eigenvalue weighted by molar-refractivity contribution is 5.74.